The topological polar surface area (TPSA) is 20.2 Å². The van der Waals surface area contributed by atoms with Gasteiger partial charge in [0.15, 0.2) is 17.4 Å². The van der Waals surface area contributed by atoms with Gasteiger partial charge in [0.1, 0.15) is 0 Å². The monoisotopic (exact) mass is 200 g/mol. The molecule has 0 heterocycles. The minimum Gasteiger partial charge on any atom is -0.503 e. The first-order valence-electron chi connectivity index (χ1n) is 4.68. The molecule has 0 bridgehead atoms. The second-order valence-corrected chi connectivity index (χ2v) is 3.60. The zero-order valence-corrected chi connectivity index (χ0v) is 8.56. The molecule has 0 aliphatic heterocycles. The van der Waals surface area contributed by atoms with Crippen molar-refractivity contribution in [3.8, 4) is 5.75 Å². The molecule has 0 fully saturated rings. The van der Waals surface area contributed by atoms with Crippen LogP contribution in [-0.4, -0.2) is 5.11 Å². The summed E-state index contributed by atoms with van der Waals surface area (Å²) in [6.45, 7) is 5.51. The second-order valence-electron chi connectivity index (χ2n) is 3.60. The van der Waals surface area contributed by atoms with Gasteiger partial charge < -0.3 is 5.11 Å². The van der Waals surface area contributed by atoms with Gasteiger partial charge in [-0.2, -0.15) is 0 Å². The molecule has 1 N–H and O–H groups in total. The number of phenolic OH excluding ortho intramolecular Hbond substituents is 1. The normalized spacial score (nSPS) is 11.0. The average Bonchev–Trinajstić information content (AvgIpc) is 2.13. The summed E-state index contributed by atoms with van der Waals surface area (Å²) >= 11 is 0. The first kappa shape index (κ1) is 11.0. The predicted molar refractivity (Wildman–Crippen MR) is 51.5 cm³/mol. The van der Waals surface area contributed by atoms with Gasteiger partial charge in [-0.25, -0.2) is 8.78 Å². The van der Waals surface area contributed by atoms with E-state index in [0.29, 0.717) is 17.5 Å². The van der Waals surface area contributed by atoms with Crippen LogP contribution in [0, 0.1) is 11.6 Å². The average molecular weight is 200 g/mol. The second kappa shape index (κ2) is 3.95. The van der Waals surface area contributed by atoms with E-state index >= 15 is 0 Å². The van der Waals surface area contributed by atoms with E-state index in [9.17, 15) is 8.78 Å². The molecular formula is C11H14F2O. The molecule has 1 aromatic carbocycles. The highest BCUT2D eigenvalue weighted by Gasteiger charge is 2.17. The van der Waals surface area contributed by atoms with E-state index < -0.39 is 17.4 Å². The number of hydrogen-bond acceptors (Lipinski definition) is 1. The number of benzene rings is 1. The number of aromatic hydroxyl groups is 1. The van der Waals surface area contributed by atoms with Gasteiger partial charge in [-0.1, -0.05) is 20.8 Å². The maximum atomic E-state index is 13.4. The molecule has 0 atom stereocenters. The fourth-order valence-corrected chi connectivity index (χ4v) is 1.54. The minimum atomic E-state index is -0.886. The number of halogens is 2. The van der Waals surface area contributed by atoms with Crippen molar-refractivity contribution < 1.29 is 13.9 Å². The predicted octanol–water partition coefficient (Wildman–Crippen LogP) is 3.36. The maximum absolute atomic E-state index is 13.4. The van der Waals surface area contributed by atoms with Crippen molar-refractivity contribution in [1.82, 2.24) is 0 Å². The van der Waals surface area contributed by atoms with E-state index in [1.54, 1.807) is 6.92 Å². The Balaban J connectivity index is 3.43. The van der Waals surface area contributed by atoms with Gasteiger partial charge in [-0.05, 0) is 29.5 Å². The highest BCUT2D eigenvalue weighted by Crippen LogP contribution is 2.30. The molecule has 1 rings (SSSR count). The SMILES string of the molecule is CCc1c(C(C)C)cc(F)c(O)c1F. The molecule has 1 nitrogen and oxygen atoms in total. The molecule has 0 saturated heterocycles. The van der Waals surface area contributed by atoms with Gasteiger partial charge in [-0.15, -0.1) is 0 Å². The van der Waals surface area contributed by atoms with Crippen molar-refractivity contribution >= 4 is 0 Å². The lowest BCUT2D eigenvalue weighted by Gasteiger charge is -2.13. The van der Waals surface area contributed by atoms with Crippen molar-refractivity contribution in [2.45, 2.75) is 33.1 Å². The smallest absolute Gasteiger partial charge is 0.188 e. The van der Waals surface area contributed by atoms with Gasteiger partial charge >= 0.3 is 0 Å². The zero-order valence-electron chi connectivity index (χ0n) is 8.56. The highest BCUT2D eigenvalue weighted by molar-refractivity contribution is 5.39. The summed E-state index contributed by atoms with van der Waals surface area (Å²) < 4.78 is 26.4. The number of hydrogen-bond donors (Lipinski definition) is 1. The van der Waals surface area contributed by atoms with Crippen LogP contribution in [0.3, 0.4) is 0 Å². The molecule has 3 heteroatoms. The van der Waals surface area contributed by atoms with Crippen LogP contribution in [0.5, 0.6) is 5.75 Å². The van der Waals surface area contributed by atoms with Crippen LogP contribution >= 0.6 is 0 Å². The molecule has 0 saturated carbocycles. The van der Waals surface area contributed by atoms with Crippen molar-refractivity contribution in [2.24, 2.45) is 0 Å². The van der Waals surface area contributed by atoms with Gasteiger partial charge in [0.05, 0.1) is 0 Å². The third-order valence-electron chi connectivity index (χ3n) is 2.31. The van der Waals surface area contributed by atoms with E-state index in [1.165, 1.54) is 6.07 Å². The third kappa shape index (κ3) is 1.72. The molecule has 1 aromatic rings. The molecule has 0 aromatic heterocycles. The van der Waals surface area contributed by atoms with Crippen LogP contribution < -0.4 is 0 Å². The fourth-order valence-electron chi connectivity index (χ4n) is 1.54. The van der Waals surface area contributed by atoms with Crippen LogP contribution in [0.1, 0.15) is 37.8 Å². The Labute approximate surface area is 82.4 Å². The molecule has 0 radical (unpaired) electrons. The van der Waals surface area contributed by atoms with Crippen molar-refractivity contribution in [1.29, 1.82) is 0 Å². The van der Waals surface area contributed by atoms with E-state index in [4.69, 9.17) is 5.11 Å². The van der Waals surface area contributed by atoms with Crippen LogP contribution in [0.2, 0.25) is 0 Å². The minimum absolute atomic E-state index is 0.0505. The Morgan fingerprint density at radius 3 is 2.36 bits per heavy atom. The van der Waals surface area contributed by atoms with Gasteiger partial charge in [-0.3, -0.25) is 0 Å². The van der Waals surface area contributed by atoms with E-state index in [0.717, 1.165) is 0 Å². The van der Waals surface area contributed by atoms with Crippen molar-refractivity contribution in [2.75, 3.05) is 0 Å². The first-order valence-corrected chi connectivity index (χ1v) is 4.68. The summed E-state index contributed by atoms with van der Waals surface area (Å²) in [5.41, 5.74) is 1.03. The van der Waals surface area contributed by atoms with Crippen LogP contribution in [0.25, 0.3) is 0 Å². The van der Waals surface area contributed by atoms with Crippen molar-refractivity contribution in [3.63, 3.8) is 0 Å². The molecule has 14 heavy (non-hydrogen) atoms. The number of rotatable bonds is 2. The summed E-state index contributed by atoms with van der Waals surface area (Å²) in [4.78, 5) is 0. The summed E-state index contributed by atoms with van der Waals surface area (Å²) in [7, 11) is 0. The third-order valence-corrected chi connectivity index (χ3v) is 2.31. The molecule has 0 aliphatic rings. The lowest BCUT2D eigenvalue weighted by atomic mass is 9.94. The highest BCUT2D eigenvalue weighted by atomic mass is 19.1. The summed E-state index contributed by atoms with van der Waals surface area (Å²) in [6, 6.07) is 1.21. The molecule has 78 valence electrons. The Kier molecular flexibility index (Phi) is 3.09. The summed E-state index contributed by atoms with van der Waals surface area (Å²) in [5.74, 6) is -2.53. The Bertz CT molecular complexity index is 346. The fraction of sp³-hybridized carbons (Fsp3) is 0.455. The Hall–Kier alpha value is -1.12. The lowest BCUT2D eigenvalue weighted by molar-refractivity contribution is 0.391. The molecule has 0 amide bonds. The maximum Gasteiger partial charge on any atom is 0.188 e. The quantitative estimate of drug-likeness (QED) is 0.776. The van der Waals surface area contributed by atoms with Crippen LogP contribution in [0.4, 0.5) is 8.78 Å². The number of phenols is 1. The zero-order chi connectivity index (χ0) is 10.9. The van der Waals surface area contributed by atoms with E-state index in [2.05, 4.69) is 0 Å². The van der Waals surface area contributed by atoms with E-state index in [-0.39, 0.29) is 5.92 Å². The van der Waals surface area contributed by atoms with Crippen LogP contribution in [0.15, 0.2) is 6.07 Å². The lowest BCUT2D eigenvalue weighted by Crippen LogP contribution is -2.01. The van der Waals surface area contributed by atoms with Crippen LogP contribution in [-0.2, 0) is 6.42 Å². The largest absolute Gasteiger partial charge is 0.503 e. The van der Waals surface area contributed by atoms with Crippen molar-refractivity contribution in [3.05, 3.63) is 28.8 Å². The standard InChI is InChI=1S/C11H14F2O/c1-4-7-8(6(2)3)5-9(12)11(14)10(7)13/h5-6,14H,4H2,1-3H3. The Morgan fingerprint density at radius 1 is 1.36 bits per heavy atom. The molecule has 0 aliphatic carbocycles. The van der Waals surface area contributed by atoms with Gasteiger partial charge in [0.2, 0.25) is 0 Å². The Morgan fingerprint density at radius 2 is 1.93 bits per heavy atom. The van der Waals surface area contributed by atoms with Gasteiger partial charge in [0, 0.05) is 0 Å². The van der Waals surface area contributed by atoms with E-state index in [1.807, 2.05) is 13.8 Å². The summed E-state index contributed by atoms with van der Waals surface area (Å²) in [6.07, 6.45) is 0.452. The van der Waals surface area contributed by atoms with Gasteiger partial charge in [0.25, 0.3) is 0 Å². The first-order chi connectivity index (χ1) is 6.49. The molecule has 0 unspecified atom stereocenters. The summed E-state index contributed by atoms with van der Waals surface area (Å²) in [5, 5.41) is 9.07. The molecule has 0 spiro atoms. The molecular weight excluding hydrogens is 186 g/mol.